The van der Waals surface area contributed by atoms with E-state index in [4.69, 9.17) is 5.11 Å². The van der Waals surface area contributed by atoms with Gasteiger partial charge in [-0.25, -0.2) is 0 Å². The van der Waals surface area contributed by atoms with Crippen LogP contribution in [-0.4, -0.2) is 37.4 Å². The molecular formula is C8H15NO3. The Bertz CT molecular complexity index is 154. The molecule has 12 heavy (non-hydrogen) atoms. The van der Waals surface area contributed by atoms with Crippen molar-refractivity contribution in [3.63, 3.8) is 0 Å². The second-order valence-corrected chi connectivity index (χ2v) is 3.22. The largest absolute Gasteiger partial charge is 0.396 e. The minimum absolute atomic E-state index is 0.0705. The molecule has 0 unspecified atom stereocenters. The highest BCUT2D eigenvalue weighted by Gasteiger charge is 2.29. The number of nitrogens with one attached hydrogen (secondary N) is 1. The summed E-state index contributed by atoms with van der Waals surface area (Å²) in [6.07, 6.45) is 1.79. The van der Waals surface area contributed by atoms with Gasteiger partial charge in [-0.2, -0.15) is 0 Å². The van der Waals surface area contributed by atoms with E-state index < -0.39 is 0 Å². The normalized spacial score (nSPS) is 27.8. The molecule has 4 nitrogen and oxygen atoms in total. The first-order chi connectivity index (χ1) is 5.76. The molecule has 0 aromatic carbocycles. The summed E-state index contributed by atoms with van der Waals surface area (Å²) in [7, 11) is 1.50. The van der Waals surface area contributed by atoms with Gasteiger partial charge in [0, 0.05) is 19.8 Å². The summed E-state index contributed by atoms with van der Waals surface area (Å²) >= 11 is 0. The maximum atomic E-state index is 10.9. The Balaban J connectivity index is 2.06. The maximum absolute atomic E-state index is 10.9. The smallest absolute Gasteiger partial charge is 0.246 e. The van der Waals surface area contributed by atoms with Gasteiger partial charge >= 0.3 is 0 Å². The molecule has 1 saturated carbocycles. The van der Waals surface area contributed by atoms with Gasteiger partial charge in [-0.05, 0) is 18.8 Å². The van der Waals surface area contributed by atoms with Crippen LogP contribution in [0.3, 0.4) is 0 Å². The average Bonchev–Trinajstić information content (AvgIpc) is 1.96. The number of carbonyl (C=O) groups is 1. The number of aliphatic hydroxyl groups excluding tert-OH is 1. The van der Waals surface area contributed by atoms with E-state index in [2.05, 4.69) is 10.1 Å². The van der Waals surface area contributed by atoms with Crippen molar-refractivity contribution in [1.82, 2.24) is 5.32 Å². The first-order valence-corrected chi connectivity index (χ1v) is 4.15. The molecule has 1 aliphatic rings. The van der Waals surface area contributed by atoms with Crippen LogP contribution in [0.5, 0.6) is 0 Å². The second kappa shape index (κ2) is 4.42. The molecule has 1 amide bonds. The third kappa shape index (κ3) is 2.46. The minimum atomic E-state index is -0.0705. The lowest BCUT2D eigenvalue weighted by molar-refractivity contribution is -0.126. The van der Waals surface area contributed by atoms with E-state index in [1.54, 1.807) is 0 Å². The Morgan fingerprint density at radius 2 is 2.33 bits per heavy atom. The van der Waals surface area contributed by atoms with Gasteiger partial charge in [0.25, 0.3) is 0 Å². The molecule has 0 radical (unpaired) electrons. The zero-order chi connectivity index (χ0) is 8.97. The Hall–Kier alpha value is -0.610. The van der Waals surface area contributed by atoms with E-state index in [0.29, 0.717) is 5.92 Å². The summed E-state index contributed by atoms with van der Waals surface area (Å²) in [5, 5.41) is 11.5. The molecule has 0 aliphatic heterocycles. The van der Waals surface area contributed by atoms with Gasteiger partial charge in [-0.1, -0.05) is 0 Å². The van der Waals surface area contributed by atoms with Crippen molar-refractivity contribution in [2.24, 2.45) is 5.92 Å². The molecule has 0 bridgehead atoms. The zero-order valence-electron chi connectivity index (χ0n) is 7.25. The van der Waals surface area contributed by atoms with Gasteiger partial charge in [0.1, 0.15) is 6.61 Å². The van der Waals surface area contributed by atoms with Crippen LogP contribution < -0.4 is 5.32 Å². The van der Waals surface area contributed by atoms with E-state index in [-0.39, 0.29) is 25.2 Å². The Kier molecular flexibility index (Phi) is 3.49. The van der Waals surface area contributed by atoms with Gasteiger partial charge in [0.05, 0.1) is 0 Å². The summed E-state index contributed by atoms with van der Waals surface area (Å²) in [4.78, 5) is 10.9. The Labute approximate surface area is 71.9 Å². The predicted octanol–water partition coefficient (Wildman–Crippen LogP) is -0.480. The molecule has 0 heterocycles. The average molecular weight is 173 g/mol. The van der Waals surface area contributed by atoms with Gasteiger partial charge in [0.15, 0.2) is 0 Å². The predicted molar refractivity (Wildman–Crippen MR) is 43.6 cm³/mol. The van der Waals surface area contributed by atoms with Crippen LogP contribution in [0.25, 0.3) is 0 Å². The lowest BCUT2D eigenvalue weighted by atomic mass is 9.81. The maximum Gasteiger partial charge on any atom is 0.246 e. The number of aliphatic hydroxyl groups is 1. The molecule has 2 N–H and O–H groups in total. The summed E-state index contributed by atoms with van der Waals surface area (Å²) in [6, 6.07) is 0.254. The highest BCUT2D eigenvalue weighted by Crippen LogP contribution is 2.26. The fraction of sp³-hybridized carbons (Fsp3) is 0.875. The number of amides is 1. The van der Waals surface area contributed by atoms with Gasteiger partial charge < -0.3 is 15.2 Å². The topological polar surface area (TPSA) is 58.6 Å². The quantitative estimate of drug-likeness (QED) is 0.603. The molecule has 1 rings (SSSR count). The van der Waals surface area contributed by atoms with Crippen molar-refractivity contribution < 1.29 is 14.6 Å². The number of hydrogen-bond acceptors (Lipinski definition) is 3. The zero-order valence-corrected chi connectivity index (χ0v) is 7.25. The number of rotatable bonds is 4. The third-order valence-corrected chi connectivity index (χ3v) is 2.13. The van der Waals surface area contributed by atoms with Crippen molar-refractivity contribution >= 4 is 5.91 Å². The highest BCUT2D eigenvalue weighted by atomic mass is 16.5. The van der Waals surface area contributed by atoms with Crippen molar-refractivity contribution in [3.05, 3.63) is 0 Å². The molecule has 70 valence electrons. The van der Waals surface area contributed by atoms with E-state index in [1.807, 2.05) is 0 Å². The van der Waals surface area contributed by atoms with Gasteiger partial charge in [0.2, 0.25) is 5.91 Å². The van der Waals surface area contributed by atoms with Crippen molar-refractivity contribution in [1.29, 1.82) is 0 Å². The van der Waals surface area contributed by atoms with Crippen LogP contribution in [0.1, 0.15) is 12.8 Å². The molecule has 1 fully saturated rings. The van der Waals surface area contributed by atoms with Crippen LogP contribution in [-0.2, 0) is 9.53 Å². The Morgan fingerprint density at radius 3 is 2.83 bits per heavy atom. The van der Waals surface area contributed by atoms with Gasteiger partial charge in [-0.3, -0.25) is 4.79 Å². The van der Waals surface area contributed by atoms with E-state index >= 15 is 0 Å². The number of ether oxygens (including phenoxy) is 1. The lowest BCUT2D eigenvalue weighted by Gasteiger charge is -2.34. The second-order valence-electron chi connectivity index (χ2n) is 3.22. The van der Waals surface area contributed by atoms with Crippen LogP contribution >= 0.6 is 0 Å². The van der Waals surface area contributed by atoms with Gasteiger partial charge in [-0.15, -0.1) is 0 Å². The minimum Gasteiger partial charge on any atom is -0.396 e. The highest BCUT2D eigenvalue weighted by molar-refractivity contribution is 5.77. The van der Waals surface area contributed by atoms with Crippen LogP contribution in [0.4, 0.5) is 0 Å². The summed E-state index contributed by atoms with van der Waals surface area (Å²) in [5.74, 6) is 0.316. The lowest BCUT2D eigenvalue weighted by Crippen LogP contribution is -2.46. The molecule has 0 spiro atoms. The molecule has 0 atom stereocenters. The van der Waals surface area contributed by atoms with Crippen molar-refractivity contribution in [2.75, 3.05) is 20.3 Å². The van der Waals surface area contributed by atoms with Crippen molar-refractivity contribution in [3.8, 4) is 0 Å². The third-order valence-electron chi connectivity index (χ3n) is 2.13. The number of carbonyl (C=O) groups excluding carboxylic acids is 1. The molecule has 0 aromatic rings. The summed E-state index contributed by atoms with van der Waals surface area (Å²) < 4.78 is 4.66. The molecular weight excluding hydrogens is 158 g/mol. The van der Waals surface area contributed by atoms with E-state index in [1.165, 1.54) is 7.11 Å². The molecule has 4 heteroatoms. The van der Waals surface area contributed by atoms with Crippen LogP contribution in [0, 0.1) is 5.92 Å². The summed E-state index contributed by atoms with van der Waals surface area (Å²) in [6.45, 7) is 0.358. The first kappa shape index (κ1) is 9.48. The first-order valence-electron chi connectivity index (χ1n) is 4.15. The van der Waals surface area contributed by atoms with Crippen LogP contribution in [0.15, 0.2) is 0 Å². The number of methoxy groups -OCH3 is 1. The van der Waals surface area contributed by atoms with Crippen molar-refractivity contribution in [2.45, 2.75) is 18.9 Å². The molecule has 0 aromatic heterocycles. The molecule has 0 saturated heterocycles. The molecule has 1 aliphatic carbocycles. The standard InChI is InChI=1S/C8H15NO3/c1-12-5-8(11)9-7-2-6(3-7)4-10/h6-7,10H,2-5H2,1H3,(H,9,11). The fourth-order valence-electron chi connectivity index (χ4n) is 1.40. The SMILES string of the molecule is COCC(=O)NC1CC(CO)C1. The fourth-order valence-corrected chi connectivity index (χ4v) is 1.40. The summed E-state index contributed by atoms with van der Waals surface area (Å²) in [5.41, 5.74) is 0. The van der Waals surface area contributed by atoms with Crippen LogP contribution in [0.2, 0.25) is 0 Å². The monoisotopic (exact) mass is 173 g/mol. The Morgan fingerprint density at radius 1 is 1.67 bits per heavy atom. The van der Waals surface area contributed by atoms with E-state index in [0.717, 1.165) is 12.8 Å². The number of hydrogen-bond donors (Lipinski definition) is 2. The van der Waals surface area contributed by atoms with E-state index in [9.17, 15) is 4.79 Å².